The first-order valence-corrected chi connectivity index (χ1v) is 6.16. The van der Waals surface area contributed by atoms with E-state index in [1.54, 1.807) is 0 Å². The molecule has 0 aliphatic rings. The van der Waals surface area contributed by atoms with Crippen molar-refractivity contribution in [3.63, 3.8) is 0 Å². The molecule has 2 rings (SSSR count). The van der Waals surface area contributed by atoms with E-state index in [1.807, 2.05) is 0 Å². The SMILES string of the molecule is COc1cc(F)c(/C=N/N=C/c2cc(F)c(F)c(F)c2)c(F)c1. The van der Waals surface area contributed by atoms with Crippen molar-refractivity contribution in [1.82, 2.24) is 0 Å². The minimum Gasteiger partial charge on any atom is -0.497 e. The Balaban J connectivity index is 2.19. The maximum Gasteiger partial charge on any atom is 0.194 e. The van der Waals surface area contributed by atoms with Gasteiger partial charge in [-0.25, -0.2) is 22.0 Å². The van der Waals surface area contributed by atoms with Crippen LogP contribution in [-0.4, -0.2) is 19.5 Å². The molecular formula is C15H9F5N2O. The summed E-state index contributed by atoms with van der Waals surface area (Å²) in [6.45, 7) is 0. The fourth-order valence-electron chi connectivity index (χ4n) is 1.64. The number of ether oxygens (including phenoxy) is 1. The molecular weight excluding hydrogens is 319 g/mol. The lowest BCUT2D eigenvalue weighted by atomic mass is 10.2. The molecule has 0 fully saturated rings. The number of hydrogen-bond acceptors (Lipinski definition) is 3. The number of hydrogen-bond donors (Lipinski definition) is 0. The molecule has 0 radical (unpaired) electrons. The molecule has 0 aromatic heterocycles. The van der Waals surface area contributed by atoms with Crippen molar-refractivity contribution in [2.24, 2.45) is 10.2 Å². The maximum atomic E-state index is 13.6. The third-order valence-corrected chi connectivity index (χ3v) is 2.75. The first-order chi connectivity index (χ1) is 10.9. The van der Waals surface area contributed by atoms with Gasteiger partial charge in [-0.05, 0) is 12.1 Å². The highest BCUT2D eigenvalue weighted by Crippen LogP contribution is 2.19. The molecule has 3 nitrogen and oxygen atoms in total. The molecule has 0 aliphatic heterocycles. The largest absolute Gasteiger partial charge is 0.497 e. The van der Waals surface area contributed by atoms with Crippen molar-refractivity contribution in [2.45, 2.75) is 0 Å². The quantitative estimate of drug-likeness (QED) is 0.363. The zero-order valence-electron chi connectivity index (χ0n) is 11.7. The van der Waals surface area contributed by atoms with E-state index in [-0.39, 0.29) is 11.3 Å². The third kappa shape index (κ3) is 3.91. The highest BCUT2D eigenvalue weighted by atomic mass is 19.2. The maximum absolute atomic E-state index is 13.6. The first kappa shape index (κ1) is 16.6. The van der Waals surface area contributed by atoms with Gasteiger partial charge in [-0.2, -0.15) is 10.2 Å². The number of methoxy groups -OCH3 is 1. The van der Waals surface area contributed by atoms with Crippen LogP contribution in [0.3, 0.4) is 0 Å². The van der Waals surface area contributed by atoms with Gasteiger partial charge in [0.1, 0.15) is 17.4 Å². The Morgan fingerprint density at radius 2 is 1.30 bits per heavy atom. The fraction of sp³-hybridized carbons (Fsp3) is 0.0667. The van der Waals surface area contributed by atoms with Crippen LogP contribution in [0, 0.1) is 29.1 Å². The Morgan fingerprint density at radius 1 is 0.783 bits per heavy atom. The summed E-state index contributed by atoms with van der Waals surface area (Å²) in [6, 6.07) is 3.32. The Bertz CT molecular complexity index is 743. The first-order valence-electron chi connectivity index (χ1n) is 6.16. The summed E-state index contributed by atoms with van der Waals surface area (Å²) < 4.78 is 70.6. The van der Waals surface area contributed by atoms with Crippen LogP contribution in [0.1, 0.15) is 11.1 Å². The van der Waals surface area contributed by atoms with Crippen molar-refractivity contribution in [2.75, 3.05) is 7.11 Å². The van der Waals surface area contributed by atoms with Crippen LogP contribution in [0.5, 0.6) is 5.75 Å². The smallest absolute Gasteiger partial charge is 0.194 e. The van der Waals surface area contributed by atoms with Gasteiger partial charge in [0, 0.05) is 17.7 Å². The fourth-order valence-corrected chi connectivity index (χ4v) is 1.64. The standard InChI is InChI=1S/C15H9F5N2O/c1-23-9-4-11(16)10(12(17)5-9)7-22-21-6-8-2-13(18)15(20)14(19)3-8/h2-7H,1H3/b21-6+,22-7+. The van der Waals surface area contributed by atoms with Crippen LogP contribution in [0.15, 0.2) is 34.5 Å². The van der Waals surface area contributed by atoms with E-state index in [1.165, 1.54) is 7.11 Å². The summed E-state index contributed by atoms with van der Waals surface area (Å²) in [5.41, 5.74) is -0.561. The van der Waals surface area contributed by atoms with Crippen molar-refractivity contribution < 1.29 is 26.7 Å². The minimum absolute atomic E-state index is 0.00193. The molecule has 0 bridgehead atoms. The van der Waals surface area contributed by atoms with Crippen molar-refractivity contribution >= 4 is 12.4 Å². The summed E-state index contributed by atoms with van der Waals surface area (Å²) in [7, 11) is 1.26. The average molecular weight is 328 g/mol. The van der Waals surface area contributed by atoms with Gasteiger partial charge in [-0.15, -0.1) is 0 Å². The second-order valence-corrected chi connectivity index (χ2v) is 4.29. The number of halogens is 5. The lowest BCUT2D eigenvalue weighted by Gasteiger charge is -2.02. The molecule has 0 aliphatic carbocycles. The molecule has 23 heavy (non-hydrogen) atoms. The highest BCUT2D eigenvalue weighted by Gasteiger charge is 2.10. The molecule has 0 N–H and O–H groups in total. The van der Waals surface area contributed by atoms with Gasteiger partial charge in [-0.1, -0.05) is 0 Å². The molecule has 0 unspecified atom stereocenters. The highest BCUT2D eigenvalue weighted by molar-refractivity contribution is 5.83. The van der Waals surface area contributed by atoms with E-state index >= 15 is 0 Å². The van der Waals surface area contributed by atoms with E-state index in [0.29, 0.717) is 12.1 Å². The predicted molar refractivity (Wildman–Crippen MR) is 74.4 cm³/mol. The van der Waals surface area contributed by atoms with Crippen molar-refractivity contribution in [3.8, 4) is 5.75 Å². The Morgan fingerprint density at radius 3 is 1.83 bits per heavy atom. The van der Waals surface area contributed by atoms with E-state index in [9.17, 15) is 22.0 Å². The van der Waals surface area contributed by atoms with Gasteiger partial charge < -0.3 is 4.74 Å². The van der Waals surface area contributed by atoms with E-state index < -0.39 is 34.6 Å². The third-order valence-electron chi connectivity index (χ3n) is 2.75. The summed E-state index contributed by atoms with van der Waals surface area (Å²) in [5, 5.41) is 6.78. The van der Waals surface area contributed by atoms with Gasteiger partial charge in [0.05, 0.1) is 25.1 Å². The Hall–Kier alpha value is -2.77. The zero-order valence-corrected chi connectivity index (χ0v) is 11.7. The molecule has 0 saturated heterocycles. The minimum atomic E-state index is -1.60. The molecule has 2 aromatic carbocycles. The van der Waals surface area contributed by atoms with E-state index in [0.717, 1.165) is 24.6 Å². The molecule has 8 heteroatoms. The van der Waals surface area contributed by atoms with Crippen LogP contribution in [0.25, 0.3) is 0 Å². The lowest BCUT2D eigenvalue weighted by molar-refractivity contribution is 0.406. The molecule has 0 spiro atoms. The molecule has 0 atom stereocenters. The van der Waals surface area contributed by atoms with Gasteiger partial charge in [0.25, 0.3) is 0 Å². The molecule has 120 valence electrons. The van der Waals surface area contributed by atoms with Crippen molar-refractivity contribution in [1.29, 1.82) is 0 Å². The van der Waals surface area contributed by atoms with Crippen LogP contribution in [-0.2, 0) is 0 Å². The lowest BCUT2D eigenvalue weighted by Crippen LogP contribution is -1.96. The summed E-state index contributed by atoms with van der Waals surface area (Å²) >= 11 is 0. The van der Waals surface area contributed by atoms with Gasteiger partial charge in [0.2, 0.25) is 0 Å². The van der Waals surface area contributed by atoms with Crippen LogP contribution < -0.4 is 4.74 Å². The Kier molecular flexibility index (Phi) is 5.05. The molecule has 0 amide bonds. The van der Waals surface area contributed by atoms with Crippen molar-refractivity contribution in [3.05, 3.63) is 64.5 Å². The summed E-state index contributed by atoms with van der Waals surface area (Å²) in [5.74, 6) is -6.21. The molecule has 0 heterocycles. The molecule has 2 aromatic rings. The molecule has 0 saturated carbocycles. The average Bonchev–Trinajstić information content (AvgIpc) is 2.50. The van der Waals surface area contributed by atoms with E-state index in [2.05, 4.69) is 10.2 Å². The van der Waals surface area contributed by atoms with Gasteiger partial charge >= 0.3 is 0 Å². The van der Waals surface area contributed by atoms with Crippen LogP contribution >= 0.6 is 0 Å². The number of nitrogens with zero attached hydrogens (tertiary/aromatic N) is 2. The Labute approximate surface area is 127 Å². The van der Waals surface area contributed by atoms with Gasteiger partial charge in [-0.3, -0.25) is 0 Å². The van der Waals surface area contributed by atoms with Crippen LogP contribution in [0.2, 0.25) is 0 Å². The number of rotatable bonds is 4. The van der Waals surface area contributed by atoms with Gasteiger partial charge in [0.15, 0.2) is 17.5 Å². The van der Waals surface area contributed by atoms with Crippen LogP contribution in [0.4, 0.5) is 22.0 Å². The summed E-state index contributed by atoms with van der Waals surface area (Å²) in [4.78, 5) is 0. The van der Waals surface area contributed by atoms with E-state index in [4.69, 9.17) is 4.74 Å². The second kappa shape index (κ2) is 6.99. The topological polar surface area (TPSA) is 34.0 Å². The zero-order chi connectivity index (χ0) is 17.0. The second-order valence-electron chi connectivity index (χ2n) is 4.29. The normalized spacial score (nSPS) is 11.6. The monoisotopic (exact) mass is 328 g/mol. The number of benzene rings is 2. The predicted octanol–water partition coefficient (Wildman–Crippen LogP) is 3.84. The summed E-state index contributed by atoms with van der Waals surface area (Å²) in [6.07, 6.45) is 1.69.